The van der Waals surface area contributed by atoms with Crippen LogP contribution in [0.2, 0.25) is 0 Å². The first-order valence-electron chi connectivity index (χ1n) is 5.80. The summed E-state index contributed by atoms with van der Waals surface area (Å²) in [5.41, 5.74) is 0.970. The van der Waals surface area contributed by atoms with Crippen molar-refractivity contribution >= 4 is 6.03 Å². The molecule has 1 heterocycles. The lowest BCUT2D eigenvalue weighted by Crippen LogP contribution is -2.35. The Bertz CT molecular complexity index is 446. The van der Waals surface area contributed by atoms with E-state index in [4.69, 9.17) is 9.47 Å². The molecule has 0 aliphatic carbocycles. The molecule has 1 aromatic carbocycles. The Labute approximate surface area is 106 Å². The summed E-state index contributed by atoms with van der Waals surface area (Å²) in [6, 6.07) is 5.42. The largest absolute Gasteiger partial charge is 0.454 e. The van der Waals surface area contributed by atoms with E-state index in [0.29, 0.717) is 13.1 Å². The van der Waals surface area contributed by atoms with Gasteiger partial charge in [-0.15, -0.1) is 6.58 Å². The zero-order chi connectivity index (χ0) is 12.8. The van der Waals surface area contributed by atoms with Gasteiger partial charge in [0, 0.05) is 13.1 Å². The zero-order valence-electron chi connectivity index (χ0n) is 10.1. The van der Waals surface area contributed by atoms with E-state index in [-0.39, 0.29) is 12.8 Å². The molecule has 0 atom stereocenters. The first-order valence-corrected chi connectivity index (χ1v) is 5.80. The van der Waals surface area contributed by atoms with E-state index in [0.717, 1.165) is 23.5 Å². The van der Waals surface area contributed by atoms with Gasteiger partial charge in [-0.1, -0.05) is 12.1 Å². The SMILES string of the molecule is C=CCCNC(=O)NCc1ccc2c(c1)OCO2. The van der Waals surface area contributed by atoms with E-state index < -0.39 is 0 Å². The van der Waals surface area contributed by atoms with Crippen molar-refractivity contribution in [3.8, 4) is 11.5 Å². The van der Waals surface area contributed by atoms with Gasteiger partial charge in [0.1, 0.15) is 0 Å². The van der Waals surface area contributed by atoms with Crippen molar-refractivity contribution < 1.29 is 14.3 Å². The second kappa shape index (κ2) is 5.95. The molecule has 96 valence electrons. The van der Waals surface area contributed by atoms with E-state index in [1.54, 1.807) is 6.08 Å². The van der Waals surface area contributed by atoms with Gasteiger partial charge in [-0.2, -0.15) is 0 Å². The molecule has 2 N–H and O–H groups in total. The van der Waals surface area contributed by atoms with Crippen molar-refractivity contribution in [1.29, 1.82) is 0 Å². The summed E-state index contributed by atoms with van der Waals surface area (Å²) >= 11 is 0. The Hall–Kier alpha value is -2.17. The van der Waals surface area contributed by atoms with Crippen LogP contribution >= 0.6 is 0 Å². The lowest BCUT2D eigenvalue weighted by molar-refractivity contribution is 0.174. The molecule has 1 aliphatic heterocycles. The fourth-order valence-corrected chi connectivity index (χ4v) is 1.58. The third-order valence-electron chi connectivity index (χ3n) is 2.52. The normalized spacial score (nSPS) is 12.0. The van der Waals surface area contributed by atoms with Crippen LogP contribution in [0.3, 0.4) is 0 Å². The second-order valence-electron chi connectivity index (χ2n) is 3.87. The quantitative estimate of drug-likeness (QED) is 0.617. The molecule has 0 fully saturated rings. The molecule has 1 aliphatic rings. The lowest BCUT2D eigenvalue weighted by atomic mass is 10.2. The number of fused-ring (bicyclic) bond motifs is 1. The summed E-state index contributed by atoms with van der Waals surface area (Å²) in [5, 5.41) is 5.50. The molecule has 1 aromatic rings. The Morgan fingerprint density at radius 1 is 1.33 bits per heavy atom. The number of hydrogen-bond donors (Lipinski definition) is 2. The van der Waals surface area contributed by atoms with Gasteiger partial charge in [0.05, 0.1) is 0 Å². The minimum absolute atomic E-state index is 0.186. The molecule has 0 unspecified atom stereocenters. The number of hydrogen-bond acceptors (Lipinski definition) is 3. The molecular formula is C13H16N2O3. The maximum absolute atomic E-state index is 11.4. The number of carbonyl (C=O) groups is 1. The maximum Gasteiger partial charge on any atom is 0.315 e. The van der Waals surface area contributed by atoms with Crippen LogP contribution in [0.1, 0.15) is 12.0 Å². The van der Waals surface area contributed by atoms with Gasteiger partial charge in [-0.25, -0.2) is 4.79 Å². The average molecular weight is 248 g/mol. The van der Waals surface area contributed by atoms with E-state index in [9.17, 15) is 4.79 Å². The molecule has 0 radical (unpaired) electrons. The van der Waals surface area contributed by atoms with E-state index in [1.807, 2.05) is 18.2 Å². The Kier molecular flexibility index (Phi) is 4.06. The van der Waals surface area contributed by atoms with Crippen LogP contribution in [0, 0.1) is 0 Å². The predicted octanol–water partition coefficient (Wildman–Crippen LogP) is 1.79. The van der Waals surface area contributed by atoms with Crippen molar-refractivity contribution in [2.45, 2.75) is 13.0 Å². The number of carbonyl (C=O) groups excluding carboxylic acids is 1. The Morgan fingerprint density at radius 3 is 3.00 bits per heavy atom. The topological polar surface area (TPSA) is 59.6 Å². The summed E-state index contributed by atoms with van der Waals surface area (Å²) in [6.45, 7) is 4.89. The van der Waals surface area contributed by atoms with Gasteiger partial charge >= 0.3 is 6.03 Å². The van der Waals surface area contributed by atoms with Crippen molar-refractivity contribution in [2.75, 3.05) is 13.3 Å². The van der Waals surface area contributed by atoms with Crippen LogP contribution in [0.4, 0.5) is 4.79 Å². The highest BCUT2D eigenvalue weighted by atomic mass is 16.7. The first-order chi connectivity index (χ1) is 8.79. The molecule has 5 heteroatoms. The van der Waals surface area contributed by atoms with Gasteiger partial charge in [0.25, 0.3) is 0 Å². The number of benzene rings is 1. The highest BCUT2D eigenvalue weighted by Crippen LogP contribution is 2.32. The molecule has 0 aromatic heterocycles. The van der Waals surface area contributed by atoms with Gasteiger partial charge in [0.2, 0.25) is 6.79 Å². The zero-order valence-corrected chi connectivity index (χ0v) is 10.1. The van der Waals surface area contributed by atoms with Crippen LogP contribution in [-0.2, 0) is 6.54 Å². The summed E-state index contributed by atoms with van der Waals surface area (Å²) < 4.78 is 10.5. The van der Waals surface area contributed by atoms with E-state index in [1.165, 1.54) is 0 Å². The molecule has 18 heavy (non-hydrogen) atoms. The highest BCUT2D eigenvalue weighted by molar-refractivity contribution is 5.73. The maximum atomic E-state index is 11.4. The number of rotatable bonds is 5. The Morgan fingerprint density at radius 2 is 2.17 bits per heavy atom. The second-order valence-corrected chi connectivity index (χ2v) is 3.87. The van der Waals surface area contributed by atoms with Gasteiger partial charge in [0.15, 0.2) is 11.5 Å². The van der Waals surface area contributed by atoms with Crippen LogP contribution in [-0.4, -0.2) is 19.4 Å². The van der Waals surface area contributed by atoms with Gasteiger partial charge < -0.3 is 20.1 Å². The number of nitrogens with one attached hydrogen (secondary N) is 2. The minimum Gasteiger partial charge on any atom is -0.454 e. The molecular weight excluding hydrogens is 232 g/mol. The molecule has 0 spiro atoms. The van der Waals surface area contributed by atoms with Crippen molar-refractivity contribution in [3.63, 3.8) is 0 Å². The monoisotopic (exact) mass is 248 g/mol. The summed E-state index contributed by atoms with van der Waals surface area (Å²) in [5.74, 6) is 1.47. The van der Waals surface area contributed by atoms with Crippen molar-refractivity contribution in [1.82, 2.24) is 10.6 Å². The van der Waals surface area contributed by atoms with Crippen molar-refractivity contribution in [2.24, 2.45) is 0 Å². The van der Waals surface area contributed by atoms with Gasteiger partial charge in [-0.05, 0) is 24.1 Å². The van der Waals surface area contributed by atoms with E-state index >= 15 is 0 Å². The van der Waals surface area contributed by atoms with E-state index in [2.05, 4.69) is 17.2 Å². The molecule has 5 nitrogen and oxygen atoms in total. The standard InChI is InChI=1S/C13H16N2O3/c1-2-3-6-14-13(16)15-8-10-4-5-11-12(7-10)18-9-17-11/h2,4-5,7H,1,3,6,8-9H2,(H2,14,15,16). The summed E-state index contributed by atoms with van der Waals surface area (Å²) in [7, 11) is 0. The third kappa shape index (κ3) is 3.16. The van der Waals surface area contributed by atoms with Crippen LogP contribution in [0.15, 0.2) is 30.9 Å². The van der Waals surface area contributed by atoms with Crippen LogP contribution in [0.25, 0.3) is 0 Å². The molecule has 2 amide bonds. The van der Waals surface area contributed by atoms with Crippen LogP contribution < -0.4 is 20.1 Å². The fourth-order valence-electron chi connectivity index (χ4n) is 1.58. The molecule has 0 bridgehead atoms. The predicted molar refractivity (Wildman–Crippen MR) is 67.6 cm³/mol. The molecule has 0 saturated carbocycles. The number of ether oxygens (including phenoxy) is 2. The molecule has 2 rings (SSSR count). The minimum atomic E-state index is -0.186. The first kappa shape index (κ1) is 12.3. The lowest BCUT2D eigenvalue weighted by Gasteiger charge is -2.07. The summed E-state index contributed by atoms with van der Waals surface area (Å²) in [4.78, 5) is 11.4. The number of urea groups is 1. The van der Waals surface area contributed by atoms with Crippen LogP contribution in [0.5, 0.6) is 11.5 Å². The smallest absolute Gasteiger partial charge is 0.315 e. The highest BCUT2D eigenvalue weighted by Gasteiger charge is 2.13. The third-order valence-corrected chi connectivity index (χ3v) is 2.52. The van der Waals surface area contributed by atoms with Gasteiger partial charge in [-0.3, -0.25) is 0 Å². The number of amides is 2. The fraction of sp³-hybridized carbons (Fsp3) is 0.308. The Balaban J connectivity index is 1.79. The molecule has 0 saturated heterocycles. The average Bonchev–Trinajstić information content (AvgIpc) is 2.84. The summed E-state index contributed by atoms with van der Waals surface area (Å²) in [6.07, 6.45) is 2.52. The van der Waals surface area contributed by atoms with Crippen molar-refractivity contribution in [3.05, 3.63) is 36.4 Å².